The van der Waals surface area contributed by atoms with Gasteiger partial charge in [0.1, 0.15) is 0 Å². The van der Waals surface area contributed by atoms with Gasteiger partial charge in [-0.1, -0.05) is 34.1 Å². The van der Waals surface area contributed by atoms with Gasteiger partial charge >= 0.3 is 6.03 Å². The highest BCUT2D eigenvalue weighted by Gasteiger charge is 2.03. The summed E-state index contributed by atoms with van der Waals surface area (Å²) in [5, 5.41) is 14.5. The van der Waals surface area contributed by atoms with Crippen LogP contribution in [0, 0.1) is 0 Å². The Morgan fingerprint density at radius 3 is 2.32 bits per heavy atom. The summed E-state index contributed by atoms with van der Waals surface area (Å²) in [5.41, 5.74) is 2.09. The number of carbonyl (C=O) groups is 1. The summed E-state index contributed by atoms with van der Waals surface area (Å²) in [4.78, 5) is 11.8. The van der Waals surface area contributed by atoms with Crippen molar-refractivity contribution in [1.82, 2.24) is 0 Å². The molecule has 0 saturated heterocycles. The van der Waals surface area contributed by atoms with Gasteiger partial charge in [0.15, 0.2) is 0 Å². The average molecular weight is 321 g/mol. The fraction of sp³-hybridized carbons (Fsp3) is 0.0714. The average Bonchev–Trinajstić information content (AvgIpc) is 2.38. The molecule has 19 heavy (non-hydrogen) atoms. The molecule has 0 aliphatic carbocycles. The van der Waals surface area contributed by atoms with E-state index >= 15 is 0 Å². The molecule has 2 aromatic carbocycles. The number of nitrogens with one attached hydrogen (secondary N) is 2. The Morgan fingerprint density at radius 2 is 1.68 bits per heavy atom. The lowest BCUT2D eigenvalue weighted by Crippen LogP contribution is -2.19. The number of amides is 2. The van der Waals surface area contributed by atoms with Crippen molar-refractivity contribution in [3.63, 3.8) is 0 Å². The maximum Gasteiger partial charge on any atom is 0.323 e. The molecule has 4 nitrogen and oxygen atoms in total. The third kappa shape index (κ3) is 4.08. The van der Waals surface area contributed by atoms with E-state index in [9.17, 15) is 4.79 Å². The van der Waals surface area contributed by atoms with Crippen molar-refractivity contribution in [2.75, 3.05) is 10.6 Å². The van der Waals surface area contributed by atoms with E-state index in [-0.39, 0.29) is 12.6 Å². The molecule has 0 aliphatic heterocycles. The van der Waals surface area contributed by atoms with Gasteiger partial charge in [0.25, 0.3) is 0 Å². The Balaban J connectivity index is 2.01. The largest absolute Gasteiger partial charge is 0.392 e. The molecule has 0 atom stereocenters. The molecule has 5 heteroatoms. The van der Waals surface area contributed by atoms with Crippen LogP contribution in [0.1, 0.15) is 5.56 Å². The third-order valence-corrected chi connectivity index (χ3v) is 2.94. The molecule has 3 N–H and O–H groups in total. The molecule has 0 aromatic heterocycles. The third-order valence-electron chi connectivity index (χ3n) is 2.45. The van der Waals surface area contributed by atoms with Gasteiger partial charge in [-0.3, -0.25) is 0 Å². The Labute approximate surface area is 119 Å². The number of aliphatic hydroxyl groups is 1. The fourth-order valence-electron chi connectivity index (χ4n) is 1.61. The zero-order valence-corrected chi connectivity index (χ0v) is 11.6. The lowest BCUT2D eigenvalue weighted by Gasteiger charge is -2.08. The number of halogens is 1. The Hall–Kier alpha value is -1.85. The quantitative estimate of drug-likeness (QED) is 0.809. The lowest BCUT2D eigenvalue weighted by molar-refractivity contribution is 0.262. The molecule has 0 heterocycles. The summed E-state index contributed by atoms with van der Waals surface area (Å²) < 4.78 is 0.896. The molecule has 0 unspecified atom stereocenters. The smallest absolute Gasteiger partial charge is 0.323 e. The first kappa shape index (κ1) is 13.6. The molecule has 0 saturated carbocycles. The van der Waals surface area contributed by atoms with Crippen LogP contribution in [0.2, 0.25) is 0 Å². The number of hydrogen-bond acceptors (Lipinski definition) is 2. The second-order valence-electron chi connectivity index (χ2n) is 3.95. The van der Waals surface area contributed by atoms with Crippen LogP contribution in [-0.4, -0.2) is 11.1 Å². The zero-order valence-electron chi connectivity index (χ0n) is 10.1. The molecular weight excluding hydrogens is 308 g/mol. The van der Waals surface area contributed by atoms with Gasteiger partial charge in [-0.25, -0.2) is 4.79 Å². The SMILES string of the molecule is O=C(Nc1cccc(Br)c1)Nc1cccc(CO)c1. The van der Waals surface area contributed by atoms with Crippen LogP contribution in [0.15, 0.2) is 53.0 Å². The summed E-state index contributed by atoms with van der Waals surface area (Å²) >= 11 is 3.34. The molecule has 2 rings (SSSR count). The van der Waals surface area contributed by atoms with Crippen LogP contribution < -0.4 is 10.6 Å². The van der Waals surface area contributed by atoms with Gasteiger partial charge in [-0.15, -0.1) is 0 Å². The van der Waals surface area contributed by atoms with Crippen molar-refractivity contribution in [2.45, 2.75) is 6.61 Å². The Morgan fingerprint density at radius 1 is 1.05 bits per heavy atom. The van der Waals surface area contributed by atoms with Gasteiger partial charge in [0.05, 0.1) is 6.61 Å². The number of hydrogen-bond donors (Lipinski definition) is 3. The second-order valence-corrected chi connectivity index (χ2v) is 4.86. The number of rotatable bonds is 3. The summed E-state index contributed by atoms with van der Waals surface area (Å²) in [6.07, 6.45) is 0. The molecule has 0 bridgehead atoms. The summed E-state index contributed by atoms with van der Waals surface area (Å²) in [7, 11) is 0. The van der Waals surface area contributed by atoms with Gasteiger partial charge in [0.2, 0.25) is 0 Å². The fourth-order valence-corrected chi connectivity index (χ4v) is 2.01. The van der Waals surface area contributed by atoms with E-state index < -0.39 is 0 Å². The number of anilines is 2. The molecule has 0 fully saturated rings. The van der Waals surface area contributed by atoms with Crippen LogP contribution >= 0.6 is 15.9 Å². The molecular formula is C14H13BrN2O2. The highest BCUT2D eigenvalue weighted by atomic mass is 79.9. The molecule has 2 amide bonds. The van der Waals surface area contributed by atoms with Crippen molar-refractivity contribution >= 4 is 33.3 Å². The first-order valence-electron chi connectivity index (χ1n) is 5.71. The van der Waals surface area contributed by atoms with Gasteiger partial charge in [-0.2, -0.15) is 0 Å². The maximum absolute atomic E-state index is 11.8. The zero-order chi connectivity index (χ0) is 13.7. The summed E-state index contributed by atoms with van der Waals surface area (Å²) in [6.45, 7) is -0.0528. The number of benzene rings is 2. The predicted molar refractivity (Wildman–Crippen MR) is 79.1 cm³/mol. The van der Waals surface area contributed by atoms with Crippen LogP contribution in [0.25, 0.3) is 0 Å². The van der Waals surface area contributed by atoms with Crippen molar-refractivity contribution < 1.29 is 9.90 Å². The highest BCUT2D eigenvalue weighted by Crippen LogP contribution is 2.16. The van der Waals surface area contributed by atoms with E-state index in [0.29, 0.717) is 11.4 Å². The van der Waals surface area contributed by atoms with E-state index in [0.717, 1.165) is 10.0 Å². The predicted octanol–water partition coefficient (Wildman–Crippen LogP) is 3.59. The lowest BCUT2D eigenvalue weighted by atomic mass is 10.2. The van der Waals surface area contributed by atoms with E-state index in [1.54, 1.807) is 30.3 Å². The maximum atomic E-state index is 11.8. The summed E-state index contributed by atoms with van der Waals surface area (Å²) in [5.74, 6) is 0. The topological polar surface area (TPSA) is 61.4 Å². The van der Waals surface area contributed by atoms with E-state index in [1.165, 1.54) is 0 Å². The van der Waals surface area contributed by atoms with Crippen LogP contribution in [0.5, 0.6) is 0 Å². The number of urea groups is 1. The first-order valence-corrected chi connectivity index (χ1v) is 6.50. The van der Waals surface area contributed by atoms with Crippen molar-refractivity contribution in [1.29, 1.82) is 0 Å². The highest BCUT2D eigenvalue weighted by molar-refractivity contribution is 9.10. The van der Waals surface area contributed by atoms with E-state index in [2.05, 4.69) is 26.6 Å². The first-order chi connectivity index (χ1) is 9.17. The van der Waals surface area contributed by atoms with E-state index in [1.807, 2.05) is 18.2 Å². The van der Waals surface area contributed by atoms with Crippen molar-refractivity contribution in [3.8, 4) is 0 Å². The van der Waals surface area contributed by atoms with Gasteiger partial charge in [0, 0.05) is 15.8 Å². The Kier molecular flexibility index (Phi) is 4.54. The van der Waals surface area contributed by atoms with Crippen LogP contribution in [-0.2, 0) is 6.61 Å². The number of carbonyl (C=O) groups excluding carboxylic acids is 1. The normalized spacial score (nSPS) is 10.0. The van der Waals surface area contributed by atoms with E-state index in [4.69, 9.17) is 5.11 Å². The standard InChI is InChI=1S/C14H13BrN2O2/c15-11-4-2-6-13(8-11)17-14(19)16-12-5-1-3-10(7-12)9-18/h1-8,18H,9H2,(H2,16,17,19). The summed E-state index contributed by atoms with van der Waals surface area (Å²) in [6, 6.07) is 14.1. The Bertz CT molecular complexity index is 587. The minimum absolute atomic E-state index is 0.0528. The minimum Gasteiger partial charge on any atom is -0.392 e. The second kappa shape index (κ2) is 6.36. The van der Waals surface area contributed by atoms with Crippen molar-refractivity contribution in [2.24, 2.45) is 0 Å². The van der Waals surface area contributed by atoms with Crippen LogP contribution in [0.3, 0.4) is 0 Å². The van der Waals surface area contributed by atoms with Crippen LogP contribution in [0.4, 0.5) is 16.2 Å². The molecule has 0 aliphatic rings. The monoisotopic (exact) mass is 320 g/mol. The molecule has 0 spiro atoms. The van der Waals surface area contributed by atoms with Crippen molar-refractivity contribution in [3.05, 3.63) is 58.6 Å². The number of aliphatic hydroxyl groups excluding tert-OH is 1. The molecule has 2 aromatic rings. The molecule has 98 valence electrons. The van der Waals surface area contributed by atoms with Gasteiger partial charge < -0.3 is 15.7 Å². The van der Waals surface area contributed by atoms with Gasteiger partial charge in [-0.05, 0) is 35.9 Å². The minimum atomic E-state index is -0.326. The molecule has 0 radical (unpaired) electrons.